The first-order valence-electron chi connectivity index (χ1n) is 5.19. The lowest BCUT2D eigenvalue weighted by Crippen LogP contribution is -2.61. The summed E-state index contributed by atoms with van der Waals surface area (Å²) in [5.41, 5.74) is 0. The van der Waals surface area contributed by atoms with Crippen molar-refractivity contribution in [2.24, 2.45) is 5.92 Å². The van der Waals surface area contributed by atoms with Crippen LogP contribution in [0.1, 0.15) is 19.8 Å². The van der Waals surface area contributed by atoms with Crippen LogP contribution in [0, 0.1) is 5.92 Å². The lowest BCUT2D eigenvalue weighted by Gasteiger charge is -2.50. The van der Waals surface area contributed by atoms with Gasteiger partial charge in [-0.3, -0.25) is 0 Å². The van der Waals surface area contributed by atoms with Crippen molar-refractivity contribution in [3.8, 4) is 0 Å². The van der Waals surface area contributed by atoms with E-state index in [2.05, 4.69) is 14.0 Å². The molecule has 2 heteroatoms. The molecule has 3 aliphatic heterocycles. The fourth-order valence-electron chi connectivity index (χ4n) is 2.75. The van der Waals surface area contributed by atoms with Gasteiger partial charge in [-0.2, -0.15) is 0 Å². The maximum Gasteiger partial charge on any atom is 0.110 e. The van der Waals surface area contributed by atoms with Crippen LogP contribution in [0.15, 0.2) is 0 Å². The first-order valence-corrected chi connectivity index (χ1v) is 5.19. The molecule has 1 unspecified atom stereocenters. The highest BCUT2D eigenvalue weighted by atomic mass is 16.5. The van der Waals surface area contributed by atoms with Gasteiger partial charge in [-0.15, -0.1) is 0 Å². The normalized spacial score (nSPS) is 46.5. The summed E-state index contributed by atoms with van der Waals surface area (Å²) in [4.78, 5) is 0. The van der Waals surface area contributed by atoms with Crippen molar-refractivity contribution in [1.82, 2.24) is 0 Å². The Hall–Kier alpha value is -0.0800. The first-order chi connectivity index (χ1) is 5.73. The number of fused-ring (bicyclic) bond motifs is 3. The molecule has 0 aliphatic carbocycles. The van der Waals surface area contributed by atoms with Gasteiger partial charge in [-0.25, -0.2) is 0 Å². The first kappa shape index (κ1) is 8.52. The average Bonchev–Trinajstić information content (AvgIpc) is 2.05. The Labute approximate surface area is 75.1 Å². The Kier molecular flexibility index (Phi) is 2.13. The van der Waals surface area contributed by atoms with Crippen LogP contribution in [0.25, 0.3) is 0 Å². The SMILES string of the molecule is CCOC1C[N+]2(C)CCC1CC2. The zero-order chi connectivity index (χ0) is 8.60. The van der Waals surface area contributed by atoms with Crippen molar-refractivity contribution >= 4 is 0 Å². The molecule has 1 atom stereocenters. The highest BCUT2D eigenvalue weighted by molar-refractivity contribution is 4.79. The maximum absolute atomic E-state index is 5.77. The second kappa shape index (κ2) is 3.00. The largest absolute Gasteiger partial charge is 0.372 e. The van der Waals surface area contributed by atoms with Crippen LogP contribution in [0.5, 0.6) is 0 Å². The van der Waals surface area contributed by atoms with Gasteiger partial charge in [0.15, 0.2) is 0 Å². The molecule has 3 saturated heterocycles. The molecule has 3 heterocycles. The summed E-state index contributed by atoms with van der Waals surface area (Å²) in [6, 6.07) is 0. The molecule has 2 nitrogen and oxygen atoms in total. The summed E-state index contributed by atoms with van der Waals surface area (Å²) in [5, 5.41) is 0. The number of hydrogen-bond donors (Lipinski definition) is 0. The van der Waals surface area contributed by atoms with Gasteiger partial charge in [-0.1, -0.05) is 0 Å². The van der Waals surface area contributed by atoms with Gasteiger partial charge in [0, 0.05) is 25.4 Å². The van der Waals surface area contributed by atoms with Crippen molar-refractivity contribution < 1.29 is 9.22 Å². The van der Waals surface area contributed by atoms with Crippen molar-refractivity contribution in [3.05, 3.63) is 0 Å². The van der Waals surface area contributed by atoms with Crippen LogP contribution in [-0.4, -0.2) is 43.9 Å². The Morgan fingerprint density at radius 3 is 2.50 bits per heavy atom. The smallest absolute Gasteiger partial charge is 0.110 e. The van der Waals surface area contributed by atoms with E-state index in [0.717, 1.165) is 12.5 Å². The van der Waals surface area contributed by atoms with E-state index in [1.807, 2.05) is 0 Å². The van der Waals surface area contributed by atoms with Gasteiger partial charge in [0.05, 0.1) is 20.1 Å². The quantitative estimate of drug-likeness (QED) is 0.567. The minimum Gasteiger partial charge on any atom is -0.372 e. The highest BCUT2D eigenvalue weighted by Crippen LogP contribution is 2.33. The van der Waals surface area contributed by atoms with Crippen LogP contribution in [-0.2, 0) is 4.74 Å². The molecular weight excluding hydrogens is 150 g/mol. The second-order valence-corrected chi connectivity index (χ2v) is 4.58. The molecule has 12 heavy (non-hydrogen) atoms. The van der Waals surface area contributed by atoms with E-state index in [-0.39, 0.29) is 0 Å². The minimum atomic E-state index is 0.572. The van der Waals surface area contributed by atoms with Gasteiger partial charge in [0.25, 0.3) is 0 Å². The monoisotopic (exact) mass is 170 g/mol. The summed E-state index contributed by atoms with van der Waals surface area (Å²) in [6.45, 7) is 7.03. The fraction of sp³-hybridized carbons (Fsp3) is 1.00. The van der Waals surface area contributed by atoms with Gasteiger partial charge in [-0.05, 0) is 6.92 Å². The second-order valence-electron chi connectivity index (χ2n) is 4.58. The molecule has 3 aliphatic rings. The Morgan fingerprint density at radius 1 is 1.33 bits per heavy atom. The van der Waals surface area contributed by atoms with Crippen molar-refractivity contribution in [2.45, 2.75) is 25.9 Å². The molecule has 0 aromatic carbocycles. The van der Waals surface area contributed by atoms with Crippen LogP contribution < -0.4 is 0 Å². The Morgan fingerprint density at radius 2 is 2.00 bits per heavy atom. The van der Waals surface area contributed by atoms with Gasteiger partial charge in [0.2, 0.25) is 0 Å². The molecule has 0 N–H and O–H groups in total. The Balaban J connectivity index is 2.01. The van der Waals surface area contributed by atoms with Crippen LogP contribution in [0.2, 0.25) is 0 Å². The Bertz CT molecular complexity index is 161. The zero-order valence-corrected chi connectivity index (χ0v) is 8.25. The van der Waals surface area contributed by atoms with E-state index >= 15 is 0 Å². The minimum absolute atomic E-state index is 0.572. The summed E-state index contributed by atoms with van der Waals surface area (Å²) in [6.07, 6.45) is 3.35. The fourth-order valence-corrected chi connectivity index (χ4v) is 2.75. The number of ether oxygens (including phenoxy) is 1. The molecular formula is C10H20NO+. The molecule has 3 rings (SSSR count). The van der Waals surface area contributed by atoms with E-state index in [4.69, 9.17) is 4.74 Å². The molecule has 0 radical (unpaired) electrons. The maximum atomic E-state index is 5.77. The number of quaternary nitrogens is 1. The van der Waals surface area contributed by atoms with Crippen LogP contribution in [0.3, 0.4) is 0 Å². The van der Waals surface area contributed by atoms with E-state index < -0.39 is 0 Å². The highest BCUT2D eigenvalue weighted by Gasteiger charge is 2.43. The molecule has 0 aromatic rings. The standard InChI is InChI=1S/C10H20NO/c1-3-12-10-8-11(2)6-4-9(10)5-7-11/h9-10H,3-8H2,1-2H3/q+1. The number of rotatable bonds is 2. The van der Waals surface area contributed by atoms with E-state index in [1.165, 1.54) is 37.0 Å². The summed E-state index contributed by atoms with van der Waals surface area (Å²) in [7, 11) is 2.38. The lowest BCUT2D eigenvalue weighted by atomic mass is 9.84. The number of hydrogen-bond acceptors (Lipinski definition) is 1. The molecule has 0 saturated carbocycles. The zero-order valence-electron chi connectivity index (χ0n) is 8.25. The van der Waals surface area contributed by atoms with Crippen LogP contribution >= 0.6 is 0 Å². The predicted octanol–water partition coefficient (Wildman–Crippen LogP) is 1.26. The molecule has 0 spiro atoms. The summed E-state index contributed by atoms with van der Waals surface area (Å²) >= 11 is 0. The topological polar surface area (TPSA) is 9.23 Å². The third-order valence-corrected chi connectivity index (χ3v) is 3.61. The number of nitrogens with zero attached hydrogens (tertiary/aromatic N) is 1. The van der Waals surface area contributed by atoms with E-state index in [0.29, 0.717) is 6.10 Å². The molecule has 70 valence electrons. The molecule has 3 fully saturated rings. The van der Waals surface area contributed by atoms with Gasteiger partial charge in [0.1, 0.15) is 12.6 Å². The molecule has 0 aromatic heterocycles. The predicted molar refractivity (Wildman–Crippen MR) is 48.9 cm³/mol. The van der Waals surface area contributed by atoms with Gasteiger partial charge < -0.3 is 9.22 Å². The summed E-state index contributed by atoms with van der Waals surface area (Å²) in [5.74, 6) is 0.880. The third-order valence-electron chi connectivity index (χ3n) is 3.61. The molecule has 0 amide bonds. The lowest BCUT2D eigenvalue weighted by molar-refractivity contribution is -0.928. The third kappa shape index (κ3) is 1.38. The molecule has 2 bridgehead atoms. The van der Waals surface area contributed by atoms with E-state index in [1.54, 1.807) is 0 Å². The van der Waals surface area contributed by atoms with Gasteiger partial charge >= 0.3 is 0 Å². The van der Waals surface area contributed by atoms with Crippen molar-refractivity contribution in [1.29, 1.82) is 0 Å². The van der Waals surface area contributed by atoms with Crippen molar-refractivity contribution in [3.63, 3.8) is 0 Å². The summed E-state index contributed by atoms with van der Waals surface area (Å²) < 4.78 is 7.03. The van der Waals surface area contributed by atoms with Crippen molar-refractivity contribution in [2.75, 3.05) is 33.3 Å². The average molecular weight is 170 g/mol. The van der Waals surface area contributed by atoms with E-state index in [9.17, 15) is 0 Å². The van der Waals surface area contributed by atoms with Crippen LogP contribution in [0.4, 0.5) is 0 Å². The number of piperidine rings is 3. The number of likely N-dealkylation sites (N-methyl/N-ethyl adjacent to an activating group) is 1.